The molecule has 0 aromatic heterocycles. The van der Waals surface area contributed by atoms with Crippen LogP contribution in [0.5, 0.6) is 5.75 Å². The number of hydrogen-bond acceptors (Lipinski definition) is 5. The van der Waals surface area contributed by atoms with Gasteiger partial charge in [0.15, 0.2) is 0 Å². The molecule has 0 radical (unpaired) electrons. The Hall–Kier alpha value is -2.74. The number of methoxy groups -OCH3 is 1. The fourth-order valence-corrected chi connectivity index (χ4v) is 2.02. The van der Waals surface area contributed by atoms with E-state index in [1.54, 1.807) is 31.4 Å². The van der Waals surface area contributed by atoms with Crippen LogP contribution in [0, 0.1) is 0 Å². The van der Waals surface area contributed by atoms with E-state index in [4.69, 9.17) is 16.2 Å². The van der Waals surface area contributed by atoms with Gasteiger partial charge in [0.1, 0.15) is 17.0 Å². The van der Waals surface area contributed by atoms with Crippen molar-refractivity contribution in [3.63, 3.8) is 0 Å². The largest absolute Gasteiger partial charge is 0.497 e. The number of aliphatic imine (C=N–C) groups is 1. The highest BCUT2D eigenvalue weighted by Crippen LogP contribution is 2.12. The van der Waals surface area contributed by atoms with Gasteiger partial charge in [0.25, 0.3) is 11.8 Å². The van der Waals surface area contributed by atoms with Crippen LogP contribution in [0.4, 0.5) is 0 Å². The van der Waals surface area contributed by atoms with E-state index >= 15 is 0 Å². The lowest BCUT2D eigenvalue weighted by Gasteiger charge is -2.22. The van der Waals surface area contributed by atoms with Gasteiger partial charge in [0.2, 0.25) is 5.91 Å². The quantitative estimate of drug-likeness (QED) is 0.544. The Labute approximate surface area is 153 Å². The molecule has 0 bridgehead atoms. The molecular weight excluding hydrogens is 336 g/mol. The third-order valence-electron chi connectivity index (χ3n) is 3.70. The van der Waals surface area contributed by atoms with Gasteiger partial charge in [0, 0.05) is 0 Å². The maximum atomic E-state index is 12.4. The van der Waals surface area contributed by atoms with Gasteiger partial charge >= 0.3 is 0 Å². The van der Waals surface area contributed by atoms with Crippen molar-refractivity contribution in [2.24, 2.45) is 16.5 Å². The molecule has 1 aromatic carbocycles. The van der Waals surface area contributed by atoms with Gasteiger partial charge in [-0.25, -0.2) is 4.99 Å². The first-order valence-corrected chi connectivity index (χ1v) is 8.25. The van der Waals surface area contributed by atoms with E-state index in [1.807, 2.05) is 0 Å². The van der Waals surface area contributed by atoms with E-state index in [-0.39, 0.29) is 18.6 Å². The van der Waals surface area contributed by atoms with Gasteiger partial charge in [-0.05, 0) is 50.9 Å². The van der Waals surface area contributed by atoms with E-state index < -0.39 is 23.3 Å². The molecule has 0 aliphatic rings. The molecule has 1 rings (SSSR count). The number of primary amides is 1. The van der Waals surface area contributed by atoms with Crippen LogP contribution >= 0.6 is 0 Å². The number of carbonyl (C=O) groups excluding carboxylic acids is 3. The van der Waals surface area contributed by atoms with Crippen molar-refractivity contribution in [2.45, 2.75) is 38.6 Å². The second-order valence-corrected chi connectivity index (χ2v) is 6.31. The Bertz CT molecular complexity index is 681. The standard InChI is InChI=1S/C18H26N4O4/c1-18(2,17(20)25)22-16(24)14(5-4-10-19)21-15(23)11-12-6-8-13(26-3)9-7-12/h6-9H,4-5,10-11,19H2,1-3H3,(H2,20,25)(H,22,24). The van der Waals surface area contributed by atoms with E-state index in [9.17, 15) is 14.4 Å². The summed E-state index contributed by atoms with van der Waals surface area (Å²) in [5.41, 5.74) is 10.3. The molecule has 0 saturated heterocycles. The minimum absolute atomic E-state index is 0.0308. The topological polar surface area (TPSA) is 137 Å². The first kappa shape index (κ1) is 21.3. The Morgan fingerprint density at radius 1 is 1.19 bits per heavy atom. The molecule has 26 heavy (non-hydrogen) atoms. The monoisotopic (exact) mass is 362 g/mol. The van der Waals surface area contributed by atoms with Gasteiger partial charge in [-0.2, -0.15) is 0 Å². The molecule has 0 fully saturated rings. The maximum Gasteiger partial charge on any atom is 0.266 e. The molecule has 5 N–H and O–H groups in total. The first-order chi connectivity index (χ1) is 12.2. The minimum atomic E-state index is -1.25. The Morgan fingerprint density at radius 3 is 2.31 bits per heavy atom. The number of rotatable bonds is 9. The predicted molar refractivity (Wildman–Crippen MR) is 98.8 cm³/mol. The highest BCUT2D eigenvalue weighted by atomic mass is 16.5. The summed E-state index contributed by atoms with van der Waals surface area (Å²) in [5.74, 6) is -1.07. The van der Waals surface area contributed by atoms with Gasteiger partial charge in [0.05, 0.1) is 13.5 Å². The van der Waals surface area contributed by atoms with Crippen molar-refractivity contribution in [3.05, 3.63) is 29.8 Å². The summed E-state index contributed by atoms with van der Waals surface area (Å²) < 4.78 is 5.07. The van der Waals surface area contributed by atoms with Crippen LogP contribution in [-0.4, -0.2) is 42.6 Å². The highest BCUT2D eigenvalue weighted by molar-refractivity contribution is 6.40. The Morgan fingerprint density at radius 2 is 1.81 bits per heavy atom. The van der Waals surface area contributed by atoms with E-state index in [2.05, 4.69) is 10.3 Å². The molecule has 3 amide bonds. The minimum Gasteiger partial charge on any atom is -0.497 e. The van der Waals surface area contributed by atoms with Gasteiger partial charge in [-0.15, -0.1) is 0 Å². The van der Waals surface area contributed by atoms with Gasteiger partial charge in [-0.1, -0.05) is 12.1 Å². The average molecular weight is 362 g/mol. The zero-order valence-corrected chi connectivity index (χ0v) is 15.4. The molecule has 0 saturated carbocycles. The molecule has 0 aliphatic heterocycles. The van der Waals surface area contributed by atoms with Crippen LogP contribution in [0.3, 0.4) is 0 Å². The Kier molecular flexibility index (Phi) is 7.92. The molecule has 0 spiro atoms. The first-order valence-electron chi connectivity index (χ1n) is 8.25. The molecule has 8 nitrogen and oxygen atoms in total. The summed E-state index contributed by atoms with van der Waals surface area (Å²) in [6, 6.07) is 6.98. The van der Waals surface area contributed by atoms with E-state index in [1.165, 1.54) is 13.8 Å². The lowest BCUT2D eigenvalue weighted by atomic mass is 10.0. The average Bonchev–Trinajstić information content (AvgIpc) is 2.58. The molecule has 0 aliphatic carbocycles. The van der Waals surface area contributed by atoms with Crippen molar-refractivity contribution >= 4 is 23.4 Å². The van der Waals surface area contributed by atoms with Crippen molar-refractivity contribution < 1.29 is 19.1 Å². The number of nitrogens with two attached hydrogens (primary N) is 2. The molecular formula is C18H26N4O4. The molecule has 8 heteroatoms. The number of ether oxygens (including phenoxy) is 1. The second-order valence-electron chi connectivity index (χ2n) is 6.31. The van der Waals surface area contributed by atoms with Crippen molar-refractivity contribution in [1.29, 1.82) is 0 Å². The van der Waals surface area contributed by atoms with Crippen molar-refractivity contribution in [3.8, 4) is 5.75 Å². The zero-order valence-electron chi connectivity index (χ0n) is 15.4. The third kappa shape index (κ3) is 6.64. The number of hydrogen-bond donors (Lipinski definition) is 3. The van der Waals surface area contributed by atoms with Crippen LogP contribution < -0.4 is 21.5 Å². The molecule has 1 aromatic rings. The fraction of sp³-hybridized carbons (Fsp3) is 0.444. The fourth-order valence-electron chi connectivity index (χ4n) is 2.02. The normalized spacial score (nSPS) is 11.8. The molecule has 0 heterocycles. The van der Waals surface area contributed by atoms with Crippen molar-refractivity contribution in [2.75, 3.05) is 13.7 Å². The molecule has 142 valence electrons. The number of amides is 3. The van der Waals surface area contributed by atoms with E-state index in [0.717, 1.165) is 5.56 Å². The second kappa shape index (κ2) is 9.67. The number of carbonyl (C=O) groups is 3. The summed E-state index contributed by atoms with van der Waals surface area (Å²) in [5, 5.41) is 2.50. The lowest BCUT2D eigenvalue weighted by Crippen LogP contribution is -2.54. The summed E-state index contributed by atoms with van der Waals surface area (Å²) in [7, 11) is 1.56. The zero-order chi connectivity index (χ0) is 19.7. The molecule has 0 atom stereocenters. The number of benzene rings is 1. The summed E-state index contributed by atoms with van der Waals surface area (Å²) >= 11 is 0. The van der Waals surface area contributed by atoms with Crippen LogP contribution in [0.25, 0.3) is 0 Å². The highest BCUT2D eigenvalue weighted by Gasteiger charge is 2.28. The summed E-state index contributed by atoms with van der Waals surface area (Å²) in [6.45, 7) is 3.30. The van der Waals surface area contributed by atoms with Crippen LogP contribution in [0.2, 0.25) is 0 Å². The smallest absolute Gasteiger partial charge is 0.266 e. The van der Waals surface area contributed by atoms with Gasteiger partial charge in [-0.3, -0.25) is 14.4 Å². The number of nitrogens with zero attached hydrogens (tertiary/aromatic N) is 1. The van der Waals surface area contributed by atoms with Crippen LogP contribution in [0.1, 0.15) is 32.3 Å². The SMILES string of the molecule is COc1ccc(CC(=O)N=C(CCCN)C(=O)NC(C)(C)C(N)=O)cc1. The maximum absolute atomic E-state index is 12.4. The number of nitrogens with one attached hydrogen (secondary N) is 1. The third-order valence-corrected chi connectivity index (χ3v) is 3.70. The lowest BCUT2D eigenvalue weighted by molar-refractivity contribution is -0.127. The van der Waals surface area contributed by atoms with E-state index in [0.29, 0.717) is 18.7 Å². The van der Waals surface area contributed by atoms with Gasteiger partial charge < -0.3 is 21.5 Å². The summed E-state index contributed by atoms with van der Waals surface area (Å²) in [6.07, 6.45) is 0.757. The Balaban J connectivity index is 2.89. The molecule has 0 unspecified atom stereocenters. The van der Waals surface area contributed by atoms with Crippen LogP contribution in [-0.2, 0) is 20.8 Å². The summed E-state index contributed by atoms with van der Waals surface area (Å²) in [4.78, 5) is 39.9. The van der Waals surface area contributed by atoms with Crippen molar-refractivity contribution in [1.82, 2.24) is 5.32 Å². The predicted octanol–water partition coefficient (Wildman–Crippen LogP) is 0.324. The van der Waals surface area contributed by atoms with Crippen LogP contribution in [0.15, 0.2) is 29.3 Å².